The van der Waals surface area contributed by atoms with Crippen molar-refractivity contribution in [2.75, 3.05) is 18.5 Å². The standard InChI is InChI=1S/C15H23N3O3/c1-3-12(6-7-14(19)20)8-10-17-15(21)18(2)13-5-4-9-16-11-13/h4-5,9,11-12H,3,6-8,10H2,1-2H3,(H,17,21)(H,19,20). The first kappa shape index (κ1) is 16.9. The van der Waals surface area contributed by atoms with Crippen molar-refractivity contribution in [3.63, 3.8) is 0 Å². The summed E-state index contributed by atoms with van der Waals surface area (Å²) in [4.78, 5) is 28.0. The maximum absolute atomic E-state index is 12.0. The Morgan fingerprint density at radius 1 is 1.43 bits per heavy atom. The summed E-state index contributed by atoms with van der Waals surface area (Å²) in [5.41, 5.74) is 0.730. The molecule has 1 aromatic rings. The molecule has 2 amide bonds. The lowest BCUT2D eigenvalue weighted by Gasteiger charge is -2.19. The number of aromatic nitrogens is 1. The van der Waals surface area contributed by atoms with Crippen LogP contribution in [0.3, 0.4) is 0 Å². The zero-order valence-corrected chi connectivity index (χ0v) is 12.6. The van der Waals surface area contributed by atoms with Crippen molar-refractivity contribution in [1.29, 1.82) is 0 Å². The van der Waals surface area contributed by atoms with Crippen LogP contribution in [-0.2, 0) is 4.79 Å². The molecule has 116 valence electrons. The smallest absolute Gasteiger partial charge is 0.321 e. The van der Waals surface area contributed by atoms with Gasteiger partial charge in [0.2, 0.25) is 0 Å². The summed E-state index contributed by atoms with van der Waals surface area (Å²) in [6, 6.07) is 3.41. The number of anilines is 1. The molecule has 0 spiro atoms. The van der Waals surface area contributed by atoms with Gasteiger partial charge in [-0.3, -0.25) is 14.7 Å². The van der Waals surface area contributed by atoms with Gasteiger partial charge in [-0.25, -0.2) is 4.79 Å². The van der Waals surface area contributed by atoms with Crippen LogP contribution in [0.15, 0.2) is 24.5 Å². The Morgan fingerprint density at radius 2 is 2.19 bits per heavy atom. The molecule has 1 rings (SSSR count). The van der Waals surface area contributed by atoms with Crippen molar-refractivity contribution in [3.05, 3.63) is 24.5 Å². The maximum atomic E-state index is 12.0. The summed E-state index contributed by atoms with van der Waals surface area (Å²) in [7, 11) is 1.69. The Bertz CT molecular complexity index is 451. The van der Waals surface area contributed by atoms with Crippen molar-refractivity contribution in [1.82, 2.24) is 10.3 Å². The Kier molecular flexibility index (Phi) is 7.21. The van der Waals surface area contributed by atoms with Gasteiger partial charge in [0.15, 0.2) is 0 Å². The highest BCUT2D eigenvalue weighted by Gasteiger charge is 2.12. The van der Waals surface area contributed by atoms with Gasteiger partial charge in [-0.05, 0) is 30.9 Å². The molecule has 0 saturated carbocycles. The summed E-state index contributed by atoms with van der Waals surface area (Å²) < 4.78 is 0. The number of amides is 2. The molecule has 0 aliphatic rings. The third-order valence-electron chi connectivity index (χ3n) is 3.51. The van der Waals surface area contributed by atoms with Crippen LogP contribution in [0.2, 0.25) is 0 Å². The topological polar surface area (TPSA) is 82.5 Å². The van der Waals surface area contributed by atoms with Crippen molar-refractivity contribution in [2.24, 2.45) is 5.92 Å². The van der Waals surface area contributed by atoms with Crippen LogP contribution in [-0.4, -0.2) is 35.7 Å². The molecule has 0 bridgehead atoms. The number of hydrogen-bond donors (Lipinski definition) is 2. The van der Waals surface area contributed by atoms with Crippen LogP contribution in [0.4, 0.5) is 10.5 Å². The van der Waals surface area contributed by atoms with Crippen molar-refractivity contribution < 1.29 is 14.7 Å². The van der Waals surface area contributed by atoms with E-state index in [1.165, 1.54) is 4.90 Å². The fraction of sp³-hybridized carbons (Fsp3) is 0.533. The second-order valence-corrected chi connectivity index (χ2v) is 5.00. The first-order chi connectivity index (χ1) is 10.0. The predicted octanol–water partition coefficient (Wildman–Crippen LogP) is 2.51. The Balaban J connectivity index is 2.33. The molecule has 0 saturated heterocycles. The van der Waals surface area contributed by atoms with E-state index in [9.17, 15) is 9.59 Å². The number of carbonyl (C=O) groups excluding carboxylic acids is 1. The molecule has 1 atom stereocenters. The van der Waals surface area contributed by atoms with Crippen molar-refractivity contribution >= 4 is 17.7 Å². The monoisotopic (exact) mass is 293 g/mol. The lowest BCUT2D eigenvalue weighted by Crippen LogP contribution is -2.38. The lowest BCUT2D eigenvalue weighted by molar-refractivity contribution is -0.137. The van der Waals surface area contributed by atoms with Crippen LogP contribution in [0, 0.1) is 5.92 Å². The molecule has 0 aliphatic carbocycles. The number of nitrogens with zero attached hydrogens (tertiary/aromatic N) is 2. The number of aliphatic carboxylic acids is 1. The first-order valence-electron chi connectivity index (χ1n) is 7.18. The van der Waals surface area contributed by atoms with Crippen molar-refractivity contribution in [2.45, 2.75) is 32.6 Å². The number of carbonyl (C=O) groups is 2. The highest BCUT2D eigenvalue weighted by molar-refractivity contribution is 5.91. The molecule has 0 fully saturated rings. The minimum atomic E-state index is -0.770. The van der Waals surface area contributed by atoms with Crippen LogP contribution >= 0.6 is 0 Å². The number of carboxylic acids is 1. The zero-order valence-electron chi connectivity index (χ0n) is 12.6. The lowest BCUT2D eigenvalue weighted by atomic mass is 9.97. The van der Waals surface area contributed by atoms with Gasteiger partial charge in [-0.15, -0.1) is 0 Å². The third-order valence-corrected chi connectivity index (χ3v) is 3.51. The molecule has 1 aromatic heterocycles. The first-order valence-corrected chi connectivity index (χ1v) is 7.18. The largest absolute Gasteiger partial charge is 0.481 e. The number of urea groups is 1. The number of nitrogens with one attached hydrogen (secondary N) is 1. The summed E-state index contributed by atoms with van der Waals surface area (Å²) >= 11 is 0. The molecule has 0 radical (unpaired) electrons. The van der Waals surface area contributed by atoms with E-state index in [1.54, 1.807) is 25.5 Å². The fourth-order valence-electron chi connectivity index (χ4n) is 2.05. The van der Waals surface area contributed by atoms with Crippen LogP contribution in [0.1, 0.15) is 32.6 Å². The van der Waals surface area contributed by atoms with E-state index in [0.717, 1.165) is 18.5 Å². The maximum Gasteiger partial charge on any atom is 0.321 e. The normalized spacial score (nSPS) is 11.7. The molecule has 6 nitrogen and oxygen atoms in total. The average molecular weight is 293 g/mol. The molecule has 1 unspecified atom stereocenters. The molecule has 2 N–H and O–H groups in total. The van der Waals surface area contributed by atoms with E-state index in [1.807, 2.05) is 13.0 Å². The third kappa shape index (κ3) is 6.25. The van der Waals surface area contributed by atoms with Gasteiger partial charge in [-0.2, -0.15) is 0 Å². The number of hydrogen-bond acceptors (Lipinski definition) is 3. The van der Waals surface area contributed by atoms with Gasteiger partial charge in [0.05, 0.1) is 11.9 Å². The number of rotatable bonds is 8. The summed E-state index contributed by atoms with van der Waals surface area (Å²) in [5.74, 6) is -0.445. The van der Waals surface area contributed by atoms with Gasteiger partial charge >= 0.3 is 12.0 Å². The average Bonchev–Trinajstić information content (AvgIpc) is 2.50. The predicted molar refractivity (Wildman–Crippen MR) is 81.3 cm³/mol. The van der Waals surface area contributed by atoms with Gasteiger partial charge in [-0.1, -0.05) is 13.3 Å². The molecule has 21 heavy (non-hydrogen) atoms. The summed E-state index contributed by atoms with van der Waals surface area (Å²) in [5, 5.41) is 11.5. The second-order valence-electron chi connectivity index (χ2n) is 5.00. The molecule has 1 heterocycles. The van der Waals surface area contributed by atoms with Gasteiger partial charge in [0.1, 0.15) is 0 Å². The molecule has 6 heteroatoms. The molecule has 0 aromatic carbocycles. The van der Waals surface area contributed by atoms with Gasteiger partial charge in [0.25, 0.3) is 0 Å². The van der Waals surface area contributed by atoms with Crippen LogP contribution in [0.5, 0.6) is 0 Å². The van der Waals surface area contributed by atoms with Gasteiger partial charge < -0.3 is 10.4 Å². The van der Waals surface area contributed by atoms with E-state index in [2.05, 4.69) is 10.3 Å². The molecule has 0 aliphatic heterocycles. The summed E-state index contributed by atoms with van der Waals surface area (Å²) in [6.45, 7) is 2.58. The zero-order chi connectivity index (χ0) is 15.7. The highest BCUT2D eigenvalue weighted by atomic mass is 16.4. The number of pyridine rings is 1. The van der Waals surface area contributed by atoms with E-state index >= 15 is 0 Å². The SMILES string of the molecule is CCC(CCNC(=O)N(C)c1cccnc1)CCC(=O)O. The van der Waals surface area contributed by atoms with E-state index in [0.29, 0.717) is 18.9 Å². The second kappa shape index (κ2) is 8.94. The van der Waals surface area contributed by atoms with E-state index in [-0.39, 0.29) is 12.5 Å². The molecular weight excluding hydrogens is 270 g/mol. The Hall–Kier alpha value is -2.11. The quantitative estimate of drug-likeness (QED) is 0.771. The highest BCUT2D eigenvalue weighted by Crippen LogP contribution is 2.15. The minimum Gasteiger partial charge on any atom is -0.481 e. The Morgan fingerprint density at radius 3 is 2.76 bits per heavy atom. The van der Waals surface area contributed by atoms with E-state index in [4.69, 9.17) is 5.11 Å². The van der Waals surface area contributed by atoms with E-state index < -0.39 is 5.97 Å². The minimum absolute atomic E-state index is 0.183. The van der Waals surface area contributed by atoms with Crippen LogP contribution < -0.4 is 10.2 Å². The van der Waals surface area contributed by atoms with Gasteiger partial charge in [0, 0.05) is 26.2 Å². The Labute approximate surface area is 125 Å². The number of carboxylic acid groups (broad SMARTS) is 1. The van der Waals surface area contributed by atoms with Crippen molar-refractivity contribution in [3.8, 4) is 0 Å². The summed E-state index contributed by atoms with van der Waals surface area (Å²) in [6.07, 6.45) is 5.82. The molecular formula is C15H23N3O3. The fourth-order valence-corrected chi connectivity index (χ4v) is 2.05. The van der Waals surface area contributed by atoms with Crippen LogP contribution in [0.25, 0.3) is 0 Å².